The van der Waals surface area contributed by atoms with E-state index in [0.717, 1.165) is 12.1 Å². The van der Waals surface area contributed by atoms with Gasteiger partial charge in [-0.3, -0.25) is 0 Å². The number of aryl methyl sites for hydroxylation is 1. The van der Waals surface area contributed by atoms with Gasteiger partial charge in [-0.15, -0.1) is 0 Å². The Kier molecular flexibility index (Phi) is 2.99. The van der Waals surface area contributed by atoms with Crippen LogP contribution in [0.5, 0.6) is 6.01 Å². The second kappa shape index (κ2) is 4.45. The topological polar surface area (TPSA) is 35.0 Å². The third-order valence-corrected chi connectivity index (χ3v) is 2.23. The first-order chi connectivity index (χ1) is 8.10. The average molecular weight is 236 g/mol. The number of methoxy groups -OCH3 is 1. The minimum atomic E-state index is -0.905. The number of benzene rings is 1. The molecule has 88 valence electrons. The van der Waals surface area contributed by atoms with Gasteiger partial charge in [-0.1, -0.05) is 0 Å². The van der Waals surface area contributed by atoms with Crippen LogP contribution < -0.4 is 4.74 Å². The van der Waals surface area contributed by atoms with Crippen LogP contribution in [-0.4, -0.2) is 17.1 Å². The van der Waals surface area contributed by atoms with E-state index in [-0.39, 0.29) is 6.01 Å². The van der Waals surface area contributed by atoms with Gasteiger partial charge in [-0.25, -0.2) is 13.8 Å². The van der Waals surface area contributed by atoms with Crippen molar-refractivity contribution in [3.05, 3.63) is 41.6 Å². The van der Waals surface area contributed by atoms with Crippen LogP contribution in [0, 0.1) is 18.6 Å². The van der Waals surface area contributed by atoms with Crippen molar-refractivity contribution in [1.82, 2.24) is 9.97 Å². The summed E-state index contributed by atoms with van der Waals surface area (Å²) in [7, 11) is 1.45. The molecule has 0 radical (unpaired) electrons. The summed E-state index contributed by atoms with van der Waals surface area (Å²) in [5.41, 5.74) is 1.66. The van der Waals surface area contributed by atoms with E-state index in [1.807, 2.05) is 0 Å². The third kappa shape index (κ3) is 2.38. The van der Waals surface area contributed by atoms with Gasteiger partial charge in [0, 0.05) is 11.3 Å². The van der Waals surface area contributed by atoms with Crippen LogP contribution in [0.3, 0.4) is 0 Å². The average Bonchev–Trinajstić information content (AvgIpc) is 2.32. The lowest BCUT2D eigenvalue weighted by Crippen LogP contribution is -1.96. The number of ether oxygens (including phenoxy) is 1. The van der Waals surface area contributed by atoms with Crippen LogP contribution in [0.1, 0.15) is 5.69 Å². The summed E-state index contributed by atoms with van der Waals surface area (Å²) in [6.45, 7) is 1.77. The zero-order valence-corrected chi connectivity index (χ0v) is 9.37. The molecule has 2 aromatic rings. The first-order valence-corrected chi connectivity index (χ1v) is 4.95. The van der Waals surface area contributed by atoms with E-state index < -0.39 is 11.6 Å². The summed E-state index contributed by atoms with van der Waals surface area (Å²) in [5, 5.41) is 0. The summed E-state index contributed by atoms with van der Waals surface area (Å²) < 4.78 is 30.8. The number of hydrogen-bond donors (Lipinski definition) is 0. The maximum atomic E-state index is 13.1. The van der Waals surface area contributed by atoms with Gasteiger partial charge in [-0.2, -0.15) is 4.98 Å². The molecular weight excluding hydrogens is 226 g/mol. The SMILES string of the molecule is COc1nc(C)cc(-c2ccc(F)c(F)c2)n1. The lowest BCUT2D eigenvalue weighted by atomic mass is 10.1. The van der Waals surface area contributed by atoms with E-state index >= 15 is 0 Å². The smallest absolute Gasteiger partial charge is 0.316 e. The highest BCUT2D eigenvalue weighted by atomic mass is 19.2. The summed E-state index contributed by atoms with van der Waals surface area (Å²) in [6.07, 6.45) is 0. The lowest BCUT2D eigenvalue weighted by Gasteiger charge is -2.05. The largest absolute Gasteiger partial charge is 0.467 e. The van der Waals surface area contributed by atoms with Gasteiger partial charge >= 0.3 is 6.01 Å². The highest BCUT2D eigenvalue weighted by molar-refractivity contribution is 5.59. The molecule has 0 saturated heterocycles. The Bertz CT molecular complexity index is 558. The second-order valence-corrected chi connectivity index (χ2v) is 3.51. The van der Waals surface area contributed by atoms with Gasteiger partial charge in [0.1, 0.15) is 0 Å². The molecule has 1 aromatic carbocycles. The van der Waals surface area contributed by atoms with Crippen LogP contribution in [0.4, 0.5) is 8.78 Å². The van der Waals surface area contributed by atoms with E-state index in [9.17, 15) is 8.78 Å². The fraction of sp³-hybridized carbons (Fsp3) is 0.167. The van der Waals surface area contributed by atoms with Gasteiger partial charge in [0.05, 0.1) is 12.8 Å². The van der Waals surface area contributed by atoms with Crippen molar-refractivity contribution >= 4 is 0 Å². The van der Waals surface area contributed by atoms with Crippen LogP contribution in [-0.2, 0) is 0 Å². The van der Waals surface area contributed by atoms with Crippen molar-refractivity contribution in [2.75, 3.05) is 7.11 Å². The molecule has 0 unspecified atom stereocenters. The molecule has 0 aliphatic rings. The summed E-state index contributed by atoms with van der Waals surface area (Å²) in [5.74, 6) is -1.79. The number of halogens is 2. The van der Waals surface area contributed by atoms with Gasteiger partial charge in [-0.05, 0) is 31.2 Å². The lowest BCUT2D eigenvalue weighted by molar-refractivity contribution is 0.379. The Morgan fingerprint density at radius 2 is 1.82 bits per heavy atom. The quantitative estimate of drug-likeness (QED) is 0.804. The molecule has 5 heteroatoms. The van der Waals surface area contributed by atoms with Crippen LogP contribution in [0.25, 0.3) is 11.3 Å². The van der Waals surface area contributed by atoms with Crippen LogP contribution in [0.2, 0.25) is 0 Å². The molecule has 3 nitrogen and oxygen atoms in total. The maximum absolute atomic E-state index is 13.1. The summed E-state index contributed by atoms with van der Waals surface area (Å²) in [6, 6.07) is 5.49. The van der Waals surface area contributed by atoms with Gasteiger partial charge < -0.3 is 4.74 Å². The van der Waals surface area contributed by atoms with Crippen molar-refractivity contribution in [2.45, 2.75) is 6.92 Å². The Morgan fingerprint density at radius 1 is 1.06 bits per heavy atom. The molecule has 0 fully saturated rings. The van der Waals surface area contributed by atoms with Crippen molar-refractivity contribution in [3.8, 4) is 17.3 Å². The number of hydrogen-bond acceptors (Lipinski definition) is 3. The minimum Gasteiger partial charge on any atom is -0.467 e. The highest BCUT2D eigenvalue weighted by Gasteiger charge is 2.08. The highest BCUT2D eigenvalue weighted by Crippen LogP contribution is 2.21. The van der Waals surface area contributed by atoms with Gasteiger partial charge in [0.2, 0.25) is 0 Å². The first kappa shape index (κ1) is 11.4. The maximum Gasteiger partial charge on any atom is 0.316 e. The van der Waals surface area contributed by atoms with Gasteiger partial charge in [0.15, 0.2) is 11.6 Å². The molecule has 0 aliphatic carbocycles. The molecule has 0 saturated carbocycles. The molecule has 0 N–H and O–H groups in total. The van der Waals surface area contributed by atoms with Gasteiger partial charge in [0.25, 0.3) is 0 Å². The van der Waals surface area contributed by atoms with Crippen molar-refractivity contribution in [3.63, 3.8) is 0 Å². The fourth-order valence-corrected chi connectivity index (χ4v) is 1.44. The van der Waals surface area contributed by atoms with Crippen molar-refractivity contribution in [2.24, 2.45) is 0 Å². The predicted molar refractivity (Wildman–Crippen MR) is 58.7 cm³/mol. The summed E-state index contributed by atoms with van der Waals surface area (Å²) in [4.78, 5) is 8.09. The van der Waals surface area contributed by atoms with E-state index in [4.69, 9.17) is 4.74 Å². The Hall–Kier alpha value is -2.04. The molecule has 2 rings (SSSR count). The standard InChI is InChI=1S/C12H10F2N2O/c1-7-5-11(16-12(15-7)17-2)8-3-4-9(13)10(14)6-8/h3-6H,1-2H3. The number of nitrogens with zero attached hydrogens (tertiary/aromatic N) is 2. The normalized spacial score (nSPS) is 10.4. The minimum absolute atomic E-state index is 0.199. The Balaban J connectivity index is 2.52. The van der Waals surface area contributed by atoms with Crippen molar-refractivity contribution < 1.29 is 13.5 Å². The molecule has 0 bridgehead atoms. The third-order valence-electron chi connectivity index (χ3n) is 2.23. The van der Waals surface area contributed by atoms with E-state index in [1.54, 1.807) is 13.0 Å². The molecule has 0 amide bonds. The summed E-state index contributed by atoms with van der Waals surface area (Å²) >= 11 is 0. The Labute approximate surface area is 97.1 Å². The number of rotatable bonds is 2. The van der Waals surface area contributed by atoms with E-state index in [2.05, 4.69) is 9.97 Å². The molecular formula is C12H10F2N2O. The van der Waals surface area contributed by atoms with E-state index in [0.29, 0.717) is 17.0 Å². The molecule has 0 aliphatic heterocycles. The second-order valence-electron chi connectivity index (χ2n) is 3.51. The van der Waals surface area contributed by atoms with Crippen LogP contribution >= 0.6 is 0 Å². The molecule has 1 aromatic heterocycles. The van der Waals surface area contributed by atoms with E-state index in [1.165, 1.54) is 13.2 Å². The molecule has 0 atom stereocenters. The molecule has 1 heterocycles. The molecule has 17 heavy (non-hydrogen) atoms. The monoisotopic (exact) mass is 236 g/mol. The first-order valence-electron chi connectivity index (χ1n) is 4.95. The Morgan fingerprint density at radius 3 is 2.47 bits per heavy atom. The fourth-order valence-electron chi connectivity index (χ4n) is 1.44. The zero-order valence-electron chi connectivity index (χ0n) is 9.37. The van der Waals surface area contributed by atoms with Crippen molar-refractivity contribution in [1.29, 1.82) is 0 Å². The zero-order chi connectivity index (χ0) is 12.4. The number of aromatic nitrogens is 2. The van der Waals surface area contributed by atoms with Crippen LogP contribution in [0.15, 0.2) is 24.3 Å². The predicted octanol–water partition coefficient (Wildman–Crippen LogP) is 2.74. The molecule has 0 spiro atoms.